The highest BCUT2D eigenvalue weighted by molar-refractivity contribution is 5.89. The van der Waals surface area contributed by atoms with Gasteiger partial charge in [0, 0.05) is 29.5 Å². The molecular weight excluding hydrogens is 222 g/mol. The molecule has 1 saturated carbocycles. The van der Waals surface area contributed by atoms with Crippen molar-refractivity contribution in [2.24, 2.45) is 0 Å². The van der Waals surface area contributed by atoms with Gasteiger partial charge in [0.1, 0.15) is 5.75 Å². The van der Waals surface area contributed by atoms with Crippen LogP contribution in [0.25, 0.3) is 10.8 Å². The van der Waals surface area contributed by atoms with E-state index in [4.69, 9.17) is 4.74 Å². The van der Waals surface area contributed by atoms with Crippen LogP contribution in [0.3, 0.4) is 0 Å². The molecule has 1 heterocycles. The van der Waals surface area contributed by atoms with E-state index in [-0.39, 0.29) is 0 Å². The van der Waals surface area contributed by atoms with Gasteiger partial charge in [-0.2, -0.15) is 0 Å². The Labute approximate surface area is 107 Å². The summed E-state index contributed by atoms with van der Waals surface area (Å²) < 4.78 is 5.93. The topological polar surface area (TPSA) is 21.3 Å². The zero-order valence-electron chi connectivity index (χ0n) is 10.4. The Morgan fingerprint density at radius 2 is 1.89 bits per heavy atom. The summed E-state index contributed by atoms with van der Waals surface area (Å²) in [5.74, 6) is 1.09. The van der Waals surface area contributed by atoms with E-state index in [1.807, 2.05) is 0 Å². The van der Waals surface area contributed by atoms with E-state index >= 15 is 0 Å². The van der Waals surface area contributed by atoms with Gasteiger partial charge in [-0.25, -0.2) is 0 Å². The van der Waals surface area contributed by atoms with Gasteiger partial charge in [0.2, 0.25) is 0 Å². The lowest BCUT2D eigenvalue weighted by Crippen LogP contribution is -2.28. The number of nitrogens with one attached hydrogen (secondary N) is 1. The molecule has 0 bridgehead atoms. The Hall–Kier alpha value is -1.54. The molecule has 2 aromatic rings. The third-order valence-electron chi connectivity index (χ3n) is 3.95. The molecule has 1 unspecified atom stereocenters. The Balaban J connectivity index is 1.82. The van der Waals surface area contributed by atoms with Crippen LogP contribution in [0.2, 0.25) is 0 Å². The zero-order chi connectivity index (χ0) is 11.9. The van der Waals surface area contributed by atoms with Gasteiger partial charge < -0.3 is 10.1 Å². The Morgan fingerprint density at radius 1 is 1.00 bits per heavy atom. The van der Waals surface area contributed by atoms with Crippen LogP contribution in [0.5, 0.6) is 5.75 Å². The highest BCUT2D eigenvalue weighted by Crippen LogP contribution is 2.39. The highest BCUT2D eigenvalue weighted by atomic mass is 16.5. The maximum Gasteiger partial charge on any atom is 0.131 e. The van der Waals surface area contributed by atoms with Gasteiger partial charge in [-0.3, -0.25) is 0 Å². The first kappa shape index (κ1) is 10.4. The summed E-state index contributed by atoms with van der Waals surface area (Å²) in [6.07, 6.45) is 3.75. The third-order valence-corrected chi connectivity index (χ3v) is 3.95. The van der Waals surface area contributed by atoms with Crippen molar-refractivity contribution < 1.29 is 4.74 Å². The fourth-order valence-electron chi connectivity index (χ4n) is 2.84. The van der Waals surface area contributed by atoms with E-state index in [1.165, 1.54) is 29.2 Å². The van der Waals surface area contributed by atoms with Crippen molar-refractivity contribution in [3.63, 3.8) is 0 Å². The summed E-state index contributed by atoms with van der Waals surface area (Å²) in [7, 11) is 0. The minimum atomic E-state index is 0.478. The first-order chi connectivity index (χ1) is 8.92. The van der Waals surface area contributed by atoms with Crippen molar-refractivity contribution in [1.82, 2.24) is 5.32 Å². The smallest absolute Gasteiger partial charge is 0.131 e. The lowest BCUT2D eigenvalue weighted by molar-refractivity contribution is 0.255. The van der Waals surface area contributed by atoms with Gasteiger partial charge in [-0.05, 0) is 18.2 Å². The molecule has 0 saturated heterocycles. The number of hydrogen-bond acceptors (Lipinski definition) is 2. The summed E-state index contributed by atoms with van der Waals surface area (Å²) in [5.41, 5.74) is 1.34. The first-order valence-corrected chi connectivity index (χ1v) is 6.82. The molecule has 2 heteroatoms. The van der Waals surface area contributed by atoms with Gasteiger partial charge >= 0.3 is 0 Å². The number of fused-ring (bicyclic) bond motifs is 3. The molecule has 0 spiro atoms. The molecule has 4 rings (SSSR count). The molecule has 0 aromatic heterocycles. The van der Waals surface area contributed by atoms with Crippen molar-refractivity contribution in [1.29, 1.82) is 0 Å². The van der Waals surface area contributed by atoms with Crippen LogP contribution in [-0.4, -0.2) is 12.6 Å². The molecule has 1 fully saturated rings. The average Bonchev–Trinajstić information content (AvgIpc) is 3.23. The largest absolute Gasteiger partial charge is 0.493 e. The quantitative estimate of drug-likeness (QED) is 0.867. The molecule has 0 radical (unpaired) electrons. The van der Waals surface area contributed by atoms with E-state index in [9.17, 15) is 0 Å². The van der Waals surface area contributed by atoms with E-state index in [0.29, 0.717) is 6.04 Å². The molecular formula is C16H17NO. The fourth-order valence-corrected chi connectivity index (χ4v) is 2.84. The molecule has 92 valence electrons. The second-order valence-electron chi connectivity index (χ2n) is 5.34. The standard InChI is InChI=1S/C16H17NO/c1-2-4-13-11(3-1)5-8-14-15(17-12-6-7-12)9-10-18-16(13)14/h1-5,8,12,15,17H,6-7,9-10H2. The van der Waals surface area contributed by atoms with Gasteiger partial charge in [0.05, 0.1) is 6.61 Å². The van der Waals surface area contributed by atoms with Gasteiger partial charge in [-0.1, -0.05) is 36.4 Å². The van der Waals surface area contributed by atoms with E-state index in [1.54, 1.807) is 0 Å². The van der Waals surface area contributed by atoms with Crippen molar-refractivity contribution >= 4 is 10.8 Å². The van der Waals surface area contributed by atoms with Crippen LogP contribution in [0, 0.1) is 0 Å². The van der Waals surface area contributed by atoms with Crippen molar-refractivity contribution in [2.45, 2.75) is 31.3 Å². The fraction of sp³-hybridized carbons (Fsp3) is 0.375. The van der Waals surface area contributed by atoms with E-state index in [2.05, 4.69) is 41.7 Å². The average molecular weight is 239 g/mol. The monoisotopic (exact) mass is 239 g/mol. The van der Waals surface area contributed by atoms with Crippen molar-refractivity contribution in [3.8, 4) is 5.75 Å². The van der Waals surface area contributed by atoms with Crippen LogP contribution >= 0.6 is 0 Å². The summed E-state index contributed by atoms with van der Waals surface area (Å²) in [4.78, 5) is 0. The molecule has 1 atom stereocenters. The maximum absolute atomic E-state index is 5.93. The third kappa shape index (κ3) is 1.68. The molecule has 0 amide bonds. The minimum absolute atomic E-state index is 0.478. The van der Waals surface area contributed by atoms with Gasteiger partial charge in [0.15, 0.2) is 0 Å². The molecule has 2 aliphatic rings. The normalized spacial score (nSPS) is 22.6. The molecule has 2 nitrogen and oxygen atoms in total. The SMILES string of the molecule is c1ccc2c3c(ccc2c1)C(NC1CC1)CCO3. The predicted octanol–water partition coefficient (Wildman–Crippen LogP) is 3.42. The lowest BCUT2D eigenvalue weighted by atomic mass is 9.96. The predicted molar refractivity (Wildman–Crippen MR) is 73.0 cm³/mol. The Kier molecular flexibility index (Phi) is 2.30. The first-order valence-electron chi connectivity index (χ1n) is 6.82. The number of benzene rings is 2. The maximum atomic E-state index is 5.93. The van der Waals surface area contributed by atoms with Gasteiger partial charge in [0.25, 0.3) is 0 Å². The van der Waals surface area contributed by atoms with Crippen LogP contribution in [-0.2, 0) is 0 Å². The summed E-state index contributed by atoms with van der Waals surface area (Å²) >= 11 is 0. The summed E-state index contributed by atoms with van der Waals surface area (Å²) in [6, 6.07) is 14.1. The second kappa shape index (κ2) is 3.99. The molecule has 1 aliphatic heterocycles. The lowest BCUT2D eigenvalue weighted by Gasteiger charge is -2.28. The van der Waals surface area contributed by atoms with E-state index < -0.39 is 0 Å². The second-order valence-corrected chi connectivity index (χ2v) is 5.34. The summed E-state index contributed by atoms with van der Waals surface area (Å²) in [5, 5.41) is 6.25. The van der Waals surface area contributed by atoms with Crippen molar-refractivity contribution in [2.75, 3.05) is 6.61 Å². The zero-order valence-corrected chi connectivity index (χ0v) is 10.4. The van der Waals surface area contributed by atoms with Crippen LogP contribution in [0.4, 0.5) is 0 Å². The number of hydrogen-bond donors (Lipinski definition) is 1. The number of ether oxygens (including phenoxy) is 1. The number of rotatable bonds is 2. The molecule has 18 heavy (non-hydrogen) atoms. The van der Waals surface area contributed by atoms with Crippen LogP contribution < -0.4 is 10.1 Å². The molecule has 1 N–H and O–H groups in total. The van der Waals surface area contributed by atoms with Gasteiger partial charge in [-0.15, -0.1) is 0 Å². The molecule has 2 aromatic carbocycles. The van der Waals surface area contributed by atoms with Crippen LogP contribution in [0.1, 0.15) is 30.9 Å². The van der Waals surface area contributed by atoms with Crippen molar-refractivity contribution in [3.05, 3.63) is 42.0 Å². The molecule has 1 aliphatic carbocycles. The van der Waals surface area contributed by atoms with Crippen LogP contribution in [0.15, 0.2) is 36.4 Å². The Morgan fingerprint density at radius 3 is 2.78 bits per heavy atom. The minimum Gasteiger partial charge on any atom is -0.493 e. The highest BCUT2D eigenvalue weighted by Gasteiger charge is 2.29. The Bertz CT molecular complexity index is 589. The summed E-state index contributed by atoms with van der Waals surface area (Å²) in [6.45, 7) is 0.825. The van der Waals surface area contributed by atoms with E-state index in [0.717, 1.165) is 24.8 Å².